The fourth-order valence-electron chi connectivity index (χ4n) is 2.31. The number of amides is 1. The third kappa shape index (κ3) is 2.35. The van der Waals surface area contributed by atoms with E-state index >= 15 is 0 Å². The van der Waals surface area contributed by atoms with Crippen LogP contribution < -0.4 is 5.56 Å². The molecular formula is C12H15N3O4. The van der Waals surface area contributed by atoms with E-state index in [1.807, 2.05) is 0 Å². The summed E-state index contributed by atoms with van der Waals surface area (Å²) in [5, 5.41) is 13.0. The molecule has 1 N–H and O–H groups in total. The minimum Gasteiger partial charge on any atom is -0.480 e. The van der Waals surface area contributed by atoms with Crippen molar-refractivity contribution in [1.82, 2.24) is 14.7 Å². The molecule has 1 aliphatic rings. The van der Waals surface area contributed by atoms with Crippen LogP contribution >= 0.6 is 0 Å². The molecule has 1 aliphatic heterocycles. The van der Waals surface area contributed by atoms with Crippen LogP contribution in [0.5, 0.6) is 0 Å². The van der Waals surface area contributed by atoms with Crippen LogP contribution in [0.15, 0.2) is 16.9 Å². The lowest BCUT2D eigenvalue weighted by Gasteiger charge is -2.22. The van der Waals surface area contributed by atoms with E-state index in [9.17, 15) is 19.5 Å². The fourth-order valence-corrected chi connectivity index (χ4v) is 2.31. The van der Waals surface area contributed by atoms with Gasteiger partial charge in [0.05, 0.1) is 0 Å². The SMILES string of the molecule is CC1CCN(C(=O)c2ccc(=O)n(C)n2)C1C(=O)O. The molecule has 0 aliphatic carbocycles. The van der Waals surface area contributed by atoms with Gasteiger partial charge in [0.15, 0.2) is 0 Å². The summed E-state index contributed by atoms with van der Waals surface area (Å²) in [7, 11) is 1.44. The molecule has 2 rings (SSSR count). The summed E-state index contributed by atoms with van der Waals surface area (Å²) in [5.74, 6) is -1.55. The van der Waals surface area contributed by atoms with Gasteiger partial charge in [-0.25, -0.2) is 9.48 Å². The number of hydrogen-bond donors (Lipinski definition) is 1. The Hall–Kier alpha value is -2.18. The molecule has 1 fully saturated rings. The van der Waals surface area contributed by atoms with Gasteiger partial charge in [-0.3, -0.25) is 9.59 Å². The van der Waals surface area contributed by atoms with Gasteiger partial charge in [0.2, 0.25) is 0 Å². The van der Waals surface area contributed by atoms with Gasteiger partial charge in [0.1, 0.15) is 11.7 Å². The summed E-state index contributed by atoms with van der Waals surface area (Å²) >= 11 is 0. The van der Waals surface area contributed by atoms with Crippen molar-refractivity contribution in [2.45, 2.75) is 19.4 Å². The third-order valence-electron chi connectivity index (χ3n) is 3.39. The van der Waals surface area contributed by atoms with Crippen molar-refractivity contribution in [2.75, 3.05) is 6.54 Å². The summed E-state index contributed by atoms with van der Waals surface area (Å²) in [6.07, 6.45) is 0.647. The van der Waals surface area contributed by atoms with Gasteiger partial charge in [0, 0.05) is 19.7 Å². The Morgan fingerprint density at radius 1 is 1.42 bits per heavy atom. The zero-order valence-electron chi connectivity index (χ0n) is 10.7. The van der Waals surface area contributed by atoms with Crippen molar-refractivity contribution in [2.24, 2.45) is 13.0 Å². The number of nitrogens with zero attached hydrogens (tertiary/aromatic N) is 3. The molecule has 1 aromatic rings. The zero-order chi connectivity index (χ0) is 14.2. The molecule has 19 heavy (non-hydrogen) atoms. The van der Waals surface area contributed by atoms with E-state index in [1.165, 1.54) is 24.1 Å². The van der Waals surface area contributed by atoms with Gasteiger partial charge >= 0.3 is 5.97 Å². The molecule has 7 heteroatoms. The molecule has 1 aromatic heterocycles. The van der Waals surface area contributed by atoms with Crippen molar-refractivity contribution in [3.8, 4) is 0 Å². The second-order valence-corrected chi connectivity index (χ2v) is 4.73. The normalized spacial score (nSPS) is 22.5. The number of aromatic nitrogens is 2. The second kappa shape index (κ2) is 4.83. The molecule has 0 bridgehead atoms. The number of carbonyl (C=O) groups is 2. The predicted molar refractivity (Wildman–Crippen MR) is 65.7 cm³/mol. The van der Waals surface area contributed by atoms with E-state index in [4.69, 9.17) is 0 Å². The van der Waals surface area contributed by atoms with Crippen molar-refractivity contribution in [3.05, 3.63) is 28.2 Å². The number of hydrogen-bond acceptors (Lipinski definition) is 4. The maximum atomic E-state index is 12.3. The number of aliphatic carboxylic acids is 1. The largest absolute Gasteiger partial charge is 0.480 e. The molecular weight excluding hydrogens is 250 g/mol. The van der Waals surface area contributed by atoms with Crippen LogP contribution in [0.25, 0.3) is 0 Å². The smallest absolute Gasteiger partial charge is 0.326 e. The lowest BCUT2D eigenvalue weighted by atomic mass is 10.0. The van der Waals surface area contributed by atoms with Crippen LogP contribution in [0, 0.1) is 5.92 Å². The first-order chi connectivity index (χ1) is 8.91. The van der Waals surface area contributed by atoms with Crippen LogP contribution in [0.1, 0.15) is 23.8 Å². The standard InChI is InChI=1S/C12H15N3O4/c1-7-5-6-15(10(7)12(18)19)11(17)8-3-4-9(16)14(2)13-8/h3-4,7,10H,5-6H2,1-2H3,(H,18,19). The number of rotatable bonds is 2. The second-order valence-electron chi connectivity index (χ2n) is 4.73. The molecule has 1 saturated heterocycles. The van der Waals surface area contributed by atoms with Crippen LogP contribution in [0.3, 0.4) is 0 Å². The molecule has 0 saturated carbocycles. The molecule has 2 unspecified atom stereocenters. The number of carbonyl (C=O) groups excluding carboxylic acids is 1. The average molecular weight is 265 g/mol. The molecule has 0 spiro atoms. The first-order valence-corrected chi connectivity index (χ1v) is 6.00. The summed E-state index contributed by atoms with van der Waals surface area (Å²) in [6.45, 7) is 2.20. The Kier molecular flexibility index (Phi) is 3.37. The fraction of sp³-hybridized carbons (Fsp3) is 0.500. The lowest BCUT2D eigenvalue weighted by molar-refractivity contribution is -0.142. The van der Waals surface area contributed by atoms with E-state index in [1.54, 1.807) is 6.92 Å². The van der Waals surface area contributed by atoms with Crippen LogP contribution in [-0.2, 0) is 11.8 Å². The Balaban J connectivity index is 2.31. The Morgan fingerprint density at radius 2 is 2.11 bits per heavy atom. The average Bonchev–Trinajstić information content (AvgIpc) is 2.74. The van der Waals surface area contributed by atoms with Crippen molar-refractivity contribution >= 4 is 11.9 Å². The number of likely N-dealkylation sites (tertiary alicyclic amines) is 1. The van der Waals surface area contributed by atoms with E-state index in [2.05, 4.69) is 5.10 Å². The third-order valence-corrected chi connectivity index (χ3v) is 3.39. The van der Waals surface area contributed by atoms with E-state index < -0.39 is 17.9 Å². The molecule has 0 aromatic carbocycles. The predicted octanol–water partition coefficient (Wildman–Crippen LogP) is -0.284. The van der Waals surface area contributed by atoms with Crippen LogP contribution in [-0.4, -0.2) is 44.3 Å². The highest BCUT2D eigenvalue weighted by Gasteiger charge is 2.40. The Bertz CT molecular complexity index is 581. The van der Waals surface area contributed by atoms with Crippen LogP contribution in [0.4, 0.5) is 0 Å². The number of carboxylic acid groups (broad SMARTS) is 1. The van der Waals surface area contributed by atoms with Gasteiger partial charge in [-0.15, -0.1) is 0 Å². The minimum atomic E-state index is -1.01. The quantitative estimate of drug-likeness (QED) is 0.793. The number of aryl methyl sites for hydroxylation is 1. The molecule has 2 heterocycles. The first-order valence-electron chi connectivity index (χ1n) is 6.00. The van der Waals surface area contributed by atoms with Crippen molar-refractivity contribution in [1.29, 1.82) is 0 Å². The maximum Gasteiger partial charge on any atom is 0.326 e. The van der Waals surface area contributed by atoms with Gasteiger partial charge in [-0.1, -0.05) is 6.92 Å². The topological polar surface area (TPSA) is 92.5 Å². The van der Waals surface area contributed by atoms with Crippen molar-refractivity contribution in [3.63, 3.8) is 0 Å². The molecule has 7 nitrogen and oxygen atoms in total. The monoisotopic (exact) mass is 265 g/mol. The van der Waals surface area contributed by atoms with E-state index in [0.29, 0.717) is 13.0 Å². The van der Waals surface area contributed by atoms with Crippen molar-refractivity contribution < 1.29 is 14.7 Å². The summed E-state index contributed by atoms with van der Waals surface area (Å²) in [5.41, 5.74) is -0.233. The van der Waals surface area contributed by atoms with E-state index in [-0.39, 0.29) is 17.2 Å². The minimum absolute atomic E-state index is 0.0856. The molecule has 0 radical (unpaired) electrons. The zero-order valence-corrected chi connectivity index (χ0v) is 10.7. The Morgan fingerprint density at radius 3 is 2.68 bits per heavy atom. The van der Waals surface area contributed by atoms with Gasteiger partial charge in [0.25, 0.3) is 11.5 Å². The summed E-state index contributed by atoms with van der Waals surface area (Å²) in [6, 6.07) is 1.74. The lowest BCUT2D eigenvalue weighted by Crippen LogP contribution is -2.43. The van der Waals surface area contributed by atoms with Crippen LogP contribution in [0.2, 0.25) is 0 Å². The summed E-state index contributed by atoms with van der Waals surface area (Å²) < 4.78 is 1.06. The number of carboxylic acids is 1. The van der Waals surface area contributed by atoms with E-state index in [0.717, 1.165) is 4.68 Å². The van der Waals surface area contributed by atoms with Gasteiger partial charge < -0.3 is 10.0 Å². The molecule has 2 atom stereocenters. The highest BCUT2D eigenvalue weighted by atomic mass is 16.4. The van der Waals surface area contributed by atoms with Gasteiger partial charge in [-0.05, 0) is 18.4 Å². The highest BCUT2D eigenvalue weighted by Crippen LogP contribution is 2.25. The van der Waals surface area contributed by atoms with Gasteiger partial charge in [-0.2, -0.15) is 5.10 Å². The Labute approximate surface area is 109 Å². The molecule has 102 valence electrons. The maximum absolute atomic E-state index is 12.3. The molecule has 1 amide bonds. The highest BCUT2D eigenvalue weighted by molar-refractivity contribution is 5.95. The first kappa shape index (κ1) is 13.3. The summed E-state index contributed by atoms with van der Waals surface area (Å²) in [4.78, 5) is 36.0.